The number of nitrogens with one attached hydrogen (secondary N) is 2. The number of halogens is 1. The van der Waals surface area contributed by atoms with Gasteiger partial charge in [-0.15, -0.1) is 0 Å². The first kappa shape index (κ1) is 23.2. The summed E-state index contributed by atoms with van der Waals surface area (Å²) in [7, 11) is -3.80. The van der Waals surface area contributed by atoms with Gasteiger partial charge < -0.3 is 5.32 Å². The van der Waals surface area contributed by atoms with E-state index in [-0.39, 0.29) is 22.1 Å². The Bertz CT molecular complexity index is 1150. The lowest BCUT2D eigenvalue weighted by Crippen LogP contribution is -2.27. The maximum absolute atomic E-state index is 12.7. The fourth-order valence-electron chi connectivity index (χ4n) is 2.82. The number of amides is 1. The van der Waals surface area contributed by atoms with E-state index in [1.165, 1.54) is 12.1 Å². The summed E-state index contributed by atoms with van der Waals surface area (Å²) in [5.74, 6) is 1.12. The zero-order valence-corrected chi connectivity index (χ0v) is 19.4. The standard InChI is InChI=1S/C23H23ClN2O3S2/c1-17-10-12-19(13-11-17)31(28,29)26-22-9-5-3-7-20(22)23(27)25-14-15-30-16-18-6-2-4-8-21(18)24/h2-13,26H,14-16H2,1H3,(H,25,27). The van der Waals surface area contributed by atoms with Crippen LogP contribution < -0.4 is 10.0 Å². The average Bonchev–Trinajstić information content (AvgIpc) is 2.75. The molecule has 0 unspecified atom stereocenters. The monoisotopic (exact) mass is 474 g/mol. The molecule has 0 aromatic heterocycles. The number of carbonyl (C=O) groups excluding carboxylic acids is 1. The number of para-hydroxylation sites is 1. The fraction of sp³-hybridized carbons (Fsp3) is 0.174. The zero-order valence-electron chi connectivity index (χ0n) is 17.0. The van der Waals surface area contributed by atoms with E-state index in [0.29, 0.717) is 12.3 Å². The van der Waals surface area contributed by atoms with Gasteiger partial charge in [-0.2, -0.15) is 11.8 Å². The molecule has 5 nitrogen and oxygen atoms in total. The van der Waals surface area contributed by atoms with Gasteiger partial charge in [-0.1, -0.05) is 59.6 Å². The highest BCUT2D eigenvalue weighted by molar-refractivity contribution is 7.98. The largest absolute Gasteiger partial charge is 0.351 e. The van der Waals surface area contributed by atoms with Crippen LogP contribution in [0.4, 0.5) is 5.69 Å². The highest BCUT2D eigenvalue weighted by atomic mass is 35.5. The number of sulfonamides is 1. The molecule has 1 amide bonds. The van der Waals surface area contributed by atoms with Gasteiger partial charge in [0.05, 0.1) is 16.1 Å². The van der Waals surface area contributed by atoms with Crippen molar-refractivity contribution in [1.29, 1.82) is 0 Å². The molecular formula is C23H23ClN2O3S2. The molecule has 3 rings (SSSR count). The predicted molar refractivity (Wildman–Crippen MR) is 128 cm³/mol. The van der Waals surface area contributed by atoms with Crippen LogP contribution >= 0.6 is 23.4 Å². The summed E-state index contributed by atoms with van der Waals surface area (Å²) in [6.45, 7) is 2.34. The van der Waals surface area contributed by atoms with Crippen LogP contribution in [0.15, 0.2) is 77.7 Å². The first-order valence-electron chi connectivity index (χ1n) is 9.65. The first-order valence-corrected chi connectivity index (χ1v) is 12.7. The average molecular weight is 475 g/mol. The number of hydrogen-bond acceptors (Lipinski definition) is 4. The molecule has 0 fully saturated rings. The Morgan fingerprint density at radius 3 is 2.39 bits per heavy atom. The van der Waals surface area contributed by atoms with E-state index in [9.17, 15) is 13.2 Å². The van der Waals surface area contributed by atoms with E-state index in [0.717, 1.165) is 21.9 Å². The SMILES string of the molecule is Cc1ccc(S(=O)(=O)Nc2ccccc2C(=O)NCCSCc2ccccc2Cl)cc1. The second-order valence-corrected chi connectivity index (χ2v) is 10.1. The molecule has 8 heteroatoms. The van der Waals surface area contributed by atoms with Crippen molar-refractivity contribution in [2.75, 3.05) is 17.0 Å². The number of anilines is 1. The Balaban J connectivity index is 1.58. The summed E-state index contributed by atoms with van der Waals surface area (Å²) >= 11 is 7.81. The van der Waals surface area contributed by atoms with Gasteiger partial charge in [0.15, 0.2) is 0 Å². The molecule has 0 aliphatic carbocycles. The number of hydrogen-bond donors (Lipinski definition) is 2. The second kappa shape index (κ2) is 10.7. The van der Waals surface area contributed by atoms with E-state index >= 15 is 0 Å². The molecule has 31 heavy (non-hydrogen) atoms. The Morgan fingerprint density at radius 2 is 1.65 bits per heavy atom. The highest BCUT2D eigenvalue weighted by Crippen LogP contribution is 2.22. The topological polar surface area (TPSA) is 75.3 Å². The van der Waals surface area contributed by atoms with E-state index < -0.39 is 10.0 Å². The smallest absolute Gasteiger partial charge is 0.261 e. The summed E-state index contributed by atoms with van der Waals surface area (Å²) in [6, 6.07) is 20.8. The van der Waals surface area contributed by atoms with Crippen molar-refractivity contribution in [3.63, 3.8) is 0 Å². The Morgan fingerprint density at radius 1 is 0.968 bits per heavy atom. The van der Waals surface area contributed by atoms with Crippen LogP contribution in [-0.2, 0) is 15.8 Å². The van der Waals surface area contributed by atoms with Crippen molar-refractivity contribution >= 4 is 45.0 Å². The molecule has 0 atom stereocenters. The normalized spacial score (nSPS) is 11.2. The van der Waals surface area contributed by atoms with Crippen LogP contribution in [0.3, 0.4) is 0 Å². The zero-order chi connectivity index (χ0) is 22.3. The third-order valence-electron chi connectivity index (χ3n) is 4.49. The van der Waals surface area contributed by atoms with Crippen LogP contribution in [0.1, 0.15) is 21.5 Å². The van der Waals surface area contributed by atoms with Crippen molar-refractivity contribution < 1.29 is 13.2 Å². The number of thioether (sulfide) groups is 1. The molecule has 0 aliphatic heterocycles. The van der Waals surface area contributed by atoms with Gasteiger partial charge in [-0.25, -0.2) is 8.42 Å². The fourth-order valence-corrected chi connectivity index (χ4v) is 5.04. The second-order valence-electron chi connectivity index (χ2n) is 6.86. The number of benzene rings is 3. The lowest BCUT2D eigenvalue weighted by Gasteiger charge is -2.13. The number of aryl methyl sites for hydroxylation is 1. The molecule has 0 saturated heterocycles. The molecule has 162 valence electrons. The van der Waals surface area contributed by atoms with Crippen LogP contribution in [0, 0.1) is 6.92 Å². The van der Waals surface area contributed by atoms with Crippen molar-refractivity contribution in [1.82, 2.24) is 5.32 Å². The summed E-state index contributed by atoms with van der Waals surface area (Å²) < 4.78 is 27.9. The summed E-state index contributed by atoms with van der Waals surface area (Å²) in [5.41, 5.74) is 2.53. The quantitative estimate of drug-likeness (QED) is 0.422. The minimum absolute atomic E-state index is 0.143. The Kier molecular flexibility index (Phi) is 8.01. The van der Waals surface area contributed by atoms with Crippen LogP contribution in [0.5, 0.6) is 0 Å². The maximum Gasteiger partial charge on any atom is 0.261 e. The lowest BCUT2D eigenvalue weighted by atomic mass is 10.2. The van der Waals surface area contributed by atoms with Gasteiger partial charge in [-0.3, -0.25) is 9.52 Å². The lowest BCUT2D eigenvalue weighted by molar-refractivity contribution is 0.0957. The third-order valence-corrected chi connectivity index (χ3v) is 7.25. The van der Waals surface area contributed by atoms with E-state index in [1.807, 2.05) is 31.2 Å². The Hall–Kier alpha value is -2.48. The minimum Gasteiger partial charge on any atom is -0.351 e. The van der Waals surface area contributed by atoms with Crippen molar-refractivity contribution in [2.24, 2.45) is 0 Å². The minimum atomic E-state index is -3.80. The molecule has 2 N–H and O–H groups in total. The molecular weight excluding hydrogens is 452 g/mol. The van der Waals surface area contributed by atoms with Crippen molar-refractivity contribution in [2.45, 2.75) is 17.6 Å². The van der Waals surface area contributed by atoms with Gasteiger partial charge >= 0.3 is 0 Å². The third kappa shape index (κ3) is 6.50. The molecule has 0 spiro atoms. The van der Waals surface area contributed by atoms with E-state index in [2.05, 4.69) is 10.0 Å². The van der Waals surface area contributed by atoms with Crippen LogP contribution in [0.2, 0.25) is 5.02 Å². The Labute approximate surface area is 192 Å². The highest BCUT2D eigenvalue weighted by Gasteiger charge is 2.18. The summed E-state index contributed by atoms with van der Waals surface area (Å²) in [4.78, 5) is 12.8. The molecule has 0 bridgehead atoms. The van der Waals surface area contributed by atoms with Crippen molar-refractivity contribution in [3.8, 4) is 0 Å². The first-order chi connectivity index (χ1) is 14.9. The van der Waals surface area contributed by atoms with E-state index in [1.54, 1.807) is 48.2 Å². The molecule has 0 aliphatic rings. The van der Waals surface area contributed by atoms with Crippen LogP contribution in [0.25, 0.3) is 0 Å². The molecule has 0 heterocycles. The number of rotatable bonds is 9. The van der Waals surface area contributed by atoms with Crippen molar-refractivity contribution in [3.05, 3.63) is 94.5 Å². The van der Waals surface area contributed by atoms with Gasteiger partial charge in [0.2, 0.25) is 0 Å². The molecule has 3 aromatic carbocycles. The maximum atomic E-state index is 12.7. The van der Waals surface area contributed by atoms with Gasteiger partial charge in [0, 0.05) is 23.1 Å². The predicted octanol–water partition coefficient (Wildman–Crippen LogP) is 5.11. The molecule has 0 radical (unpaired) electrons. The number of carbonyl (C=O) groups is 1. The summed E-state index contributed by atoms with van der Waals surface area (Å²) in [6.07, 6.45) is 0. The van der Waals surface area contributed by atoms with E-state index in [4.69, 9.17) is 11.6 Å². The molecule has 3 aromatic rings. The van der Waals surface area contributed by atoms with Gasteiger partial charge in [-0.05, 0) is 42.8 Å². The summed E-state index contributed by atoms with van der Waals surface area (Å²) in [5, 5.41) is 3.58. The van der Waals surface area contributed by atoms with Gasteiger partial charge in [0.1, 0.15) is 0 Å². The molecule has 0 saturated carbocycles. The van der Waals surface area contributed by atoms with Gasteiger partial charge in [0.25, 0.3) is 15.9 Å². The van der Waals surface area contributed by atoms with Crippen LogP contribution in [-0.4, -0.2) is 26.6 Å².